The fraction of sp³-hybridized carbons (Fsp3) is 0.0476. The minimum absolute atomic E-state index is 0. The molecule has 0 saturated heterocycles. The number of rotatable bonds is 4. The smallest absolute Gasteiger partial charge is 0.420 e. The third kappa shape index (κ3) is 4.91. The number of fused-ring (bicyclic) bond motifs is 1. The number of aromatic amines is 1. The summed E-state index contributed by atoms with van der Waals surface area (Å²) < 4.78 is 51.6. The van der Waals surface area contributed by atoms with Crippen molar-refractivity contribution in [3.8, 4) is 34.3 Å². The number of halogens is 5. The van der Waals surface area contributed by atoms with Crippen molar-refractivity contribution in [1.82, 2.24) is 25.1 Å². The Morgan fingerprint density at radius 2 is 1.79 bits per heavy atom. The number of hydrogen-bond donors (Lipinski definition) is 1. The van der Waals surface area contributed by atoms with Gasteiger partial charge < -0.3 is 14.2 Å². The van der Waals surface area contributed by atoms with Crippen molar-refractivity contribution in [3.05, 3.63) is 72.8 Å². The van der Waals surface area contributed by atoms with E-state index in [2.05, 4.69) is 25.1 Å². The Hall–Kier alpha value is -3.63. The summed E-state index contributed by atoms with van der Waals surface area (Å²) in [6.45, 7) is 0. The Morgan fingerprint density at radius 1 is 0.970 bits per heavy atom. The summed E-state index contributed by atoms with van der Waals surface area (Å²) in [5, 5.41) is 3.89. The molecule has 0 atom stereocenters. The van der Waals surface area contributed by atoms with Gasteiger partial charge in [0.05, 0.1) is 29.1 Å². The normalized spacial score (nSPS) is 11.0. The van der Waals surface area contributed by atoms with Gasteiger partial charge in [-0.1, -0.05) is 5.16 Å². The van der Waals surface area contributed by atoms with Crippen LogP contribution in [0.1, 0.15) is 5.56 Å². The molecule has 5 aromatic rings. The van der Waals surface area contributed by atoms with E-state index in [9.17, 15) is 13.2 Å². The maximum atomic E-state index is 13.7. The van der Waals surface area contributed by atoms with Crippen LogP contribution in [0.4, 0.5) is 13.2 Å². The molecule has 3 heterocycles. The zero-order valence-corrected chi connectivity index (χ0v) is 18.0. The van der Waals surface area contributed by atoms with Crippen LogP contribution in [0.15, 0.2) is 71.8 Å². The summed E-state index contributed by atoms with van der Waals surface area (Å²) >= 11 is 0. The van der Waals surface area contributed by atoms with E-state index in [1.807, 2.05) is 0 Å². The van der Waals surface area contributed by atoms with Crippen molar-refractivity contribution >= 4 is 35.8 Å². The van der Waals surface area contributed by atoms with Crippen LogP contribution in [-0.4, -0.2) is 25.1 Å². The Labute approximate surface area is 196 Å². The number of ether oxygens (including phenoxy) is 1. The molecule has 12 heteroatoms. The van der Waals surface area contributed by atoms with E-state index in [-0.39, 0.29) is 53.6 Å². The lowest BCUT2D eigenvalue weighted by Crippen LogP contribution is -2.07. The Kier molecular flexibility index (Phi) is 6.89. The van der Waals surface area contributed by atoms with Crippen molar-refractivity contribution in [3.63, 3.8) is 0 Å². The Morgan fingerprint density at radius 3 is 2.55 bits per heavy atom. The predicted octanol–water partition coefficient (Wildman–Crippen LogP) is 6.33. The lowest BCUT2D eigenvalue weighted by molar-refractivity contribution is -0.138. The van der Waals surface area contributed by atoms with Crippen LogP contribution in [0.25, 0.3) is 33.9 Å². The molecule has 7 nitrogen and oxygen atoms in total. The van der Waals surface area contributed by atoms with Gasteiger partial charge in [0.15, 0.2) is 0 Å². The summed E-state index contributed by atoms with van der Waals surface area (Å²) in [5.74, 6) is 0.0394. The van der Waals surface area contributed by atoms with E-state index in [1.165, 1.54) is 30.6 Å². The first-order valence-corrected chi connectivity index (χ1v) is 9.04. The minimum atomic E-state index is -4.65. The molecule has 33 heavy (non-hydrogen) atoms. The van der Waals surface area contributed by atoms with Gasteiger partial charge in [-0.05, 0) is 48.5 Å². The molecule has 0 radical (unpaired) electrons. The molecule has 170 valence electrons. The van der Waals surface area contributed by atoms with Crippen LogP contribution in [0, 0.1) is 0 Å². The van der Waals surface area contributed by atoms with Gasteiger partial charge in [0.1, 0.15) is 11.5 Å². The first kappa shape index (κ1) is 24.0. The molecule has 0 spiro atoms. The number of imidazole rings is 1. The molecule has 0 aliphatic rings. The Bertz CT molecular complexity index is 1370. The fourth-order valence-electron chi connectivity index (χ4n) is 3.04. The van der Waals surface area contributed by atoms with E-state index in [1.54, 1.807) is 30.6 Å². The molecule has 2 aromatic carbocycles. The third-order valence-electron chi connectivity index (χ3n) is 4.50. The Balaban J connectivity index is 0.00000153. The summed E-state index contributed by atoms with van der Waals surface area (Å²) in [4.78, 5) is 15.2. The number of nitrogens with one attached hydrogen (secondary N) is 1. The summed E-state index contributed by atoms with van der Waals surface area (Å²) in [5.41, 5.74) is 1.34. The molecule has 0 unspecified atom stereocenters. The molecule has 3 aromatic heterocycles. The van der Waals surface area contributed by atoms with Crippen molar-refractivity contribution in [1.29, 1.82) is 0 Å². The van der Waals surface area contributed by atoms with Crippen LogP contribution in [0.3, 0.4) is 0 Å². The number of alkyl halides is 3. The number of H-pyrrole nitrogens is 1. The number of benzene rings is 2. The molecule has 0 aliphatic carbocycles. The molecule has 0 aliphatic heterocycles. The first-order chi connectivity index (χ1) is 15.0. The average molecular weight is 496 g/mol. The molecule has 0 fully saturated rings. The third-order valence-corrected chi connectivity index (χ3v) is 4.50. The summed E-state index contributed by atoms with van der Waals surface area (Å²) in [6.07, 6.45) is -0.265. The highest BCUT2D eigenvalue weighted by molar-refractivity contribution is 5.85. The molecule has 1 N–H and O–H groups in total. The molecule has 5 rings (SSSR count). The van der Waals surface area contributed by atoms with Gasteiger partial charge >= 0.3 is 6.18 Å². The topological polar surface area (TPSA) is 89.7 Å². The maximum Gasteiger partial charge on any atom is 0.420 e. The number of aromatic nitrogens is 5. The predicted molar refractivity (Wildman–Crippen MR) is 119 cm³/mol. The highest BCUT2D eigenvalue weighted by atomic mass is 35.5. The quantitative estimate of drug-likeness (QED) is 0.313. The van der Waals surface area contributed by atoms with Crippen LogP contribution in [-0.2, 0) is 6.18 Å². The number of hydrogen-bond acceptors (Lipinski definition) is 6. The second-order valence-corrected chi connectivity index (χ2v) is 6.56. The average Bonchev–Trinajstić information content (AvgIpc) is 3.43. The van der Waals surface area contributed by atoms with Crippen molar-refractivity contribution in [2.24, 2.45) is 0 Å². The zero-order valence-electron chi connectivity index (χ0n) is 16.4. The SMILES string of the molecule is Cl.Cl.FC(F)(F)c1cc(-c2nc(-c3ccc4nc[nH]c4c3)no2)ccc1Oc1cccnc1. The standard InChI is InChI=1S/C21H12F3N5O2.2ClH/c22-21(23,24)15-8-13(4-6-18(15)30-14-2-1-7-25-10-14)20-28-19(29-31-20)12-3-5-16-17(9-12)27-11-26-16;;/h1-11H,(H,26,27);2*1H. The maximum absolute atomic E-state index is 13.7. The van der Waals surface area contributed by atoms with Crippen LogP contribution >= 0.6 is 24.8 Å². The van der Waals surface area contributed by atoms with Gasteiger partial charge in [-0.3, -0.25) is 4.98 Å². The summed E-state index contributed by atoms with van der Waals surface area (Å²) in [7, 11) is 0. The number of pyridine rings is 1. The van der Waals surface area contributed by atoms with Gasteiger partial charge in [0, 0.05) is 17.3 Å². The number of nitrogens with zero attached hydrogens (tertiary/aromatic N) is 4. The van der Waals surface area contributed by atoms with Gasteiger partial charge in [0.25, 0.3) is 5.89 Å². The van der Waals surface area contributed by atoms with Crippen LogP contribution in [0.2, 0.25) is 0 Å². The fourth-order valence-corrected chi connectivity index (χ4v) is 3.04. The van der Waals surface area contributed by atoms with Gasteiger partial charge in [0.2, 0.25) is 5.82 Å². The van der Waals surface area contributed by atoms with Crippen molar-refractivity contribution in [2.75, 3.05) is 0 Å². The van der Waals surface area contributed by atoms with E-state index < -0.39 is 11.7 Å². The molecular weight excluding hydrogens is 482 g/mol. The van der Waals surface area contributed by atoms with E-state index in [4.69, 9.17) is 9.26 Å². The van der Waals surface area contributed by atoms with E-state index >= 15 is 0 Å². The molecule has 0 bridgehead atoms. The van der Waals surface area contributed by atoms with Crippen LogP contribution < -0.4 is 4.74 Å². The van der Waals surface area contributed by atoms with Crippen molar-refractivity contribution in [2.45, 2.75) is 6.18 Å². The second kappa shape index (κ2) is 9.47. The largest absolute Gasteiger partial charge is 0.455 e. The highest BCUT2D eigenvalue weighted by Crippen LogP contribution is 2.40. The van der Waals surface area contributed by atoms with Gasteiger partial charge in [-0.25, -0.2) is 4.98 Å². The van der Waals surface area contributed by atoms with Crippen molar-refractivity contribution < 1.29 is 22.4 Å². The second-order valence-electron chi connectivity index (χ2n) is 6.56. The molecule has 0 amide bonds. The van der Waals surface area contributed by atoms with Crippen LogP contribution in [0.5, 0.6) is 11.5 Å². The molecular formula is C21H14Cl2F3N5O2. The van der Waals surface area contributed by atoms with E-state index in [0.717, 1.165) is 17.1 Å². The summed E-state index contributed by atoms with van der Waals surface area (Å²) in [6, 6.07) is 12.0. The minimum Gasteiger partial charge on any atom is -0.455 e. The first-order valence-electron chi connectivity index (χ1n) is 9.04. The highest BCUT2D eigenvalue weighted by Gasteiger charge is 2.35. The lowest BCUT2D eigenvalue weighted by atomic mass is 10.1. The van der Waals surface area contributed by atoms with Gasteiger partial charge in [-0.2, -0.15) is 18.2 Å². The van der Waals surface area contributed by atoms with E-state index in [0.29, 0.717) is 5.56 Å². The monoisotopic (exact) mass is 495 g/mol. The zero-order chi connectivity index (χ0) is 21.4. The lowest BCUT2D eigenvalue weighted by Gasteiger charge is -2.14. The molecule has 0 saturated carbocycles. The van der Waals surface area contributed by atoms with Gasteiger partial charge in [-0.15, -0.1) is 24.8 Å².